The van der Waals surface area contributed by atoms with E-state index in [4.69, 9.17) is 14.2 Å². The lowest BCUT2D eigenvalue weighted by Gasteiger charge is -2.33. The molecule has 2 aromatic carbocycles. The van der Waals surface area contributed by atoms with Gasteiger partial charge in [0.1, 0.15) is 18.4 Å². The molecule has 3 rings (SSSR count). The van der Waals surface area contributed by atoms with Crippen LogP contribution in [0.4, 0.5) is 13.6 Å². The highest BCUT2D eigenvalue weighted by atomic mass is 19.3. The number of hydrogen-bond donors (Lipinski definition) is 1. The normalized spacial score (nSPS) is 18.2. The second-order valence-corrected chi connectivity index (χ2v) is 5.93. The monoisotopic (exact) mass is 379 g/mol. The summed E-state index contributed by atoms with van der Waals surface area (Å²) in [7, 11) is 2.83. The van der Waals surface area contributed by atoms with Gasteiger partial charge in [0.2, 0.25) is 0 Å². The number of alkyl halides is 2. The summed E-state index contributed by atoms with van der Waals surface area (Å²) in [5.41, 5.74) is 0.936. The molecule has 1 heterocycles. The quantitative estimate of drug-likeness (QED) is 0.829. The van der Waals surface area contributed by atoms with Crippen LogP contribution in [-0.2, 0) is 11.3 Å². The number of nitrogens with one attached hydrogen (secondary N) is 1. The Morgan fingerprint density at radius 1 is 1.11 bits per heavy atom. The summed E-state index contributed by atoms with van der Waals surface area (Å²) in [6.45, 7) is -0.859. The zero-order valence-electron chi connectivity index (χ0n) is 14.8. The van der Waals surface area contributed by atoms with E-state index in [1.165, 1.54) is 26.4 Å². The van der Waals surface area contributed by atoms with Gasteiger partial charge in [0.05, 0.1) is 14.2 Å². The van der Waals surface area contributed by atoms with Crippen molar-refractivity contribution in [3.8, 4) is 17.2 Å². The molecule has 1 amide bonds. The predicted octanol–water partition coefficient (Wildman–Crippen LogP) is 3.70. The number of ether oxygens (including phenoxy) is 4. The average molecular weight is 379 g/mol. The lowest BCUT2D eigenvalue weighted by atomic mass is 9.98. The van der Waals surface area contributed by atoms with Gasteiger partial charge in [0.25, 0.3) is 0 Å². The largest absolute Gasteiger partial charge is 0.493 e. The van der Waals surface area contributed by atoms with Crippen LogP contribution in [0.2, 0.25) is 0 Å². The minimum Gasteiger partial charge on any atom is -0.493 e. The minimum absolute atomic E-state index is 0.0743. The third-order valence-corrected chi connectivity index (χ3v) is 4.14. The van der Waals surface area contributed by atoms with E-state index in [0.717, 1.165) is 5.56 Å². The molecule has 0 spiro atoms. The molecule has 1 N–H and O–H groups in total. The fourth-order valence-electron chi connectivity index (χ4n) is 2.78. The first-order valence-corrected chi connectivity index (χ1v) is 8.18. The molecule has 1 saturated heterocycles. The lowest BCUT2D eigenvalue weighted by Crippen LogP contribution is -2.49. The Balaban J connectivity index is 2.00. The first-order chi connectivity index (χ1) is 12.9. The van der Waals surface area contributed by atoms with Gasteiger partial charge >= 0.3 is 12.0 Å². The molecule has 1 fully saturated rings. The first-order valence-electron chi connectivity index (χ1n) is 8.18. The third kappa shape index (κ3) is 4.05. The molecular weight excluding hydrogens is 360 g/mol. The maximum Gasteiger partial charge on any atom is 0.408 e. The summed E-state index contributed by atoms with van der Waals surface area (Å²) in [5.74, 6) is -2.59. The second-order valence-electron chi connectivity index (χ2n) is 5.93. The molecule has 1 atom stereocenters. The van der Waals surface area contributed by atoms with Crippen LogP contribution in [-0.4, -0.2) is 32.8 Å². The fraction of sp³-hybridized carbons (Fsp3) is 0.316. The molecule has 8 heteroatoms. The van der Waals surface area contributed by atoms with Crippen LogP contribution in [0.5, 0.6) is 17.2 Å². The van der Waals surface area contributed by atoms with Gasteiger partial charge in [-0.25, -0.2) is 13.6 Å². The van der Waals surface area contributed by atoms with Crippen molar-refractivity contribution in [3.63, 3.8) is 0 Å². The molecule has 6 nitrogen and oxygen atoms in total. The Kier molecular flexibility index (Phi) is 5.34. The van der Waals surface area contributed by atoms with E-state index in [1.54, 1.807) is 0 Å². The number of benzene rings is 2. The van der Waals surface area contributed by atoms with E-state index >= 15 is 0 Å². The highest BCUT2D eigenvalue weighted by Crippen LogP contribution is 2.43. The van der Waals surface area contributed by atoms with Crippen LogP contribution in [0.3, 0.4) is 0 Å². The zero-order chi connectivity index (χ0) is 19.4. The molecule has 0 unspecified atom stereocenters. The van der Waals surface area contributed by atoms with Gasteiger partial charge in [-0.15, -0.1) is 0 Å². The molecule has 2 aromatic rings. The molecule has 0 aliphatic carbocycles. The number of cyclic esters (lactones) is 1. The number of hydrogen-bond acceptors (Lipinski definition) is 5. The maximum atomic E-state index is 14.4. The summed E-state index contributed by atoms with van der Waals surface area (Å²) in [4.78, 5) is 11.5. The lowest BCUT2D eigenvalue weighted by molar-refractivity contribution is -0.104. The second kappa shape index (κ2) is 7.69. The Bertz CT molecular complexity index is 813. The predicted molar refractivity (Wildman–Crippen MR) is 92.5 cm³/mol. The van der Waals surface area contributed by atoms with E-state index in [2.05, 4.69) is 10.1 Å². The van der Waals surface area contributed by atoms with Gasteiger partial charge in [-0.1, -0.05) is 30.3 Å². The number of rotatable bonds is 6. The number of carbonyl (C=O) groups is 1. The highest BCUT2D eigenvalue weighted by Gasteiger charge is 2.48. The Hall–Kier alpha value is -3.03. The van der Waals surface area contributed by atoms with Crippen LogP contribution in [0.15, 0.2) is 42.5 Å². The number of halogens is 2. The van der Waals surface area contributed by atoms with E-state index in [1.807, 2.05) is 30.3 Å². The maximum absolute atomic E-state index is 14.4. The topological polar surface area (TPSA) is 66.0 Å². The number of amides is 1. The molecular formula is C19H19F2NO5. The molecule has 0 radical (unpaired) electrons. The fourth-order valence-corrected chi connectivity index (χ4v) is 2.78. The Labute approximate surface area is 155 Å². The number of alkyl carbamates (subject to hydrolysis) is 1. The van der Waals surface area contributed by atoms with Crippen LogP contribution < -0.4 is 19.5 Å². The standard InChI is InChI=1S/C19H19F2NO5/c1-24-15-8-13(17-19(20,21)11-27-18(23)22-17)14(9-16(15)25-2)26-10-12-6-4-3-5-7-12/h3-9,17H,10-11H2,1-2H3,(H,22,23)/t17-/m1/s1. The summed E-state index contributed by atoms with van der Waals surface area (Å²) in [5, 5.41) is 2.16. The van der Waals surface area contributed by atoms with Crippen molar-refractivity contribution in [3.05, 3.63) is 53.6 Å². The van der Waals surface area contributed by atoms with Crippen molar-refractivity contribution in [1.82, 2.24) is 5.32 Å². The van der Waals surface area contributed by atoms with Crippen molar-refractivity contribution in [2.45, 2.75) is 18.6 Å². The van der Waals surface area contributed by atoms with Crippen LogP contribution >= 0.6 is 0 Å². The van der Waals surface area contributed by atoms with Gasteiger partial charge in [-0.2, -0.15) is 0 Å². The first kappa shape index (κ1) is 18.8. The van der Waals surface area contributed by atoms with Crippen LogP contribution in [0.25, 0.3) is 0 Å². The SMILES string of the molecule is COc1cc(OCc2ccccc2)c([C@H]2NC(=O)OCC2(F)F)cc1OC. The van der Waals surface area contributed by atoms with Crippen LogP contribution in [0, 0.1) is 0 Å². The smallest absolute Gasteiger partial charge is 0.408 e. The van der Waals surface area contributed by atoms with E-state index in [-0.39, 0.29) is 23.7 Å². The zero-order valence-corrected chi connectivity index (χ0v) is 14.8. The van der Waals surface area contributed by atoms with Crippen LogP contribution in [0.1, 0.15) is 17.2 Å². The summed E-state index contributed by atoms with van der Waals surface area (Å²) < 4.78 is 49.5. The Morgan fingerprint density at radius 2 is 1.78 bits per heavy atom. The third-order valence-electron chi connectivity index (χ3n) is 4.14. The Morgan fingerprint density at radius 3 is 2.44 bits per heavy atom. The van der Waals surface area contributed by atoms with Crippen molar-refractivity contribution in [2.24, 2.45) is 0 Å². The van der Waals surface area contributed by atoms with Gasteiger partial charge in [0, 0.05) is 11.6 Å². The molecule has 0 aromatic heterocycles. The van der Waals surface area contributed by atoms with E-state index in [0.29, 0.717) is 5.75 Å². The molecule has 27 heavy (non-hydrogen) atoms. The van der Waals surface area contributed by atoms with Crippen molar-refractivity contribution in [2.75, 3.05) is 20.8 Å². The summed E-state index contributed by atoms with van der Waals surface area (Å²) in [6, 6.07) is 10.5. The molecule has 144 valence electrons. The van der Waals surface area contributed by atoms with E-state index < -0.39 is 24.7 Å². The molecule has 0 bridgehead atoms. The van der Waals surface area contributed by atoms with Crippen molar-refractivity contribution in [1.29, 1.82) is 0 Å². The van der Waals surface area contributed by atoms with Crippen molar-refractivity contribution >= 4 is 6.09 Å². The van der Waals surface area contributed by atoms with Gasteiger partial charge in [0.15, 0.2) is 18.1 Å². The minimum atomic E-state index is -3.32. The highest BCUT2D eigenvalue weighted by molar-refractivity contribution is 5.70. The average Bonchev–Trinajstić information content (AvgIpc) is 2.68. The molecule has 1 aliphatic heterocycles. The summed E-state index contributed by atoms with van der Waals surface area (Å²) >= 11 is 0. The van der Waals surface area contributed by atoms with Gasteiger partial charge in [-0.05, 0) is 11.6 Å². The number of methoxy groups -OCH3 is 2. The molecule has 0 saturated carbocycles. The summed E-state index contributed by atoms with van der Waals surface area (Å²) in [6.07, 6.45) is -0.922. The van der Waals surface area contributed by atoms with Gasteiger partial charge < -0.3 is 24.3 Å². The molecule has 1 aliphatic rings. The van der Waals surface area contributed by atoms with Gasteiger partial charge in [-0.3, -0.25) is 0 Å². The van der Waals surface area contributed by atoms with E-state index in [9.17, 15) is 13.6 Å². The number of carbonyl (C=O) groups excluding carboxylic acids is 1. The van der Waals surface area contributed by atoms with Crippen molar-refractivity contribution < 1.29 is 32.5 Å².